The molecule has 0 bridgehead atoms. The van der Waals surface area contributed by atoms with Gasteiger partial charge in [0.15, 0.2) is 0 Å². The van der Waals surface area contributed by atoms with Gasteiger partial charge >= 0.3 is 238 Å². The first-order valence-electron chi connectivity index (χ1n) is 12.7. The van der Waals surface area contributed by atoms with Crippen molar-refractivity contribution in [1.29, 1.82) is 0 Å². The van der Waals surface area contributed by atoms with Crippen molar-refractivity contribution in [2.45, 2.75) is 52.6 Å². The van der Waals surface area contributed by atoms with E-state index in [1.165, 1.54) is 26.8 Å². The van der Waals surface area contributed by atoms with Crippen LogP contribution in [-0.4, -0.2) is 27.0 Å². The summed E-state index contributed by atoms with van der Waals surface area (Å²) < 4.78 is 147. The van der Waals surface area contributed by atoms with Gasteiger partial charge in [0.05, 0.1) is 0 Å². The quantitative estimate of drug-likeness (QED) is 0.117. The van der Waals surface area contributed by atoms with Crippen molar-refractivity contribution in [2.75, 3.05) is 0 Å². The predicted octanol–water partition coefficient (Wildman–Crippen LogP) is 8.63. The summed E-state index contributed by atoms with van der Waals surface area (Å²) >= 11 is 0. The molecule has 0 nitrogen and oxygen atoms in total. The molecule has 0 amide bonds. The first kappa shape index (κ1) is 31.7. The average Bonchev–Trinajstić information content (AvgIpc) is 3.16. The molecule has 4 rings (SSSR count). The Kier molecular flexibility index (Phi) is 8.36. The molecule has 0 saturated heterocycles. The summed E-state index contributed by atoms with van der Waals surface area (Å²) in [7, 11) is 5.15. The molecule has 0 fully saturated rings. The summed E-state index contributed by atoms with van der Waals surface area (Å²) in [5, 5.41) is 0. The molecule has 0 aliphatic heterocycles. The van der Waals surface area contributed by atoms with Crippen LogP contribution in [0.1, 0.15) is 67.3 Å². The van der Waals surface area contributed by atoms with Gasteiger partial charge in [0.25, 0.3) is 0 Å². The van der Waals surface area contributed by atoms with Gasteiger partial charge in [0.1, 0.15) is 0 Å². The van der Waals surface area contributed by atoms with E-state index >= 15 is 17.6 Å². The van der Waals surface area contributed by atoms with Crippen molar-refractivity contribution in [1.82, 2.24) is 0 Å². The molecule has 0 spiro atoms. The van der Waals surface area contributed by atoms with Crippen LogP contribution in [0.3, 0.4) is 0 Å². The van der Waals surface area contributed by atoms with E-state index in [1.807, 2.05) is 18.8 Å². The Balaban J connectivity index is 2.32. The molecule has 12 heteroatoms. The molecule has 1 unspecified atom stereocenters. The number of fused-ring (bicyclic) bond motifs is 1. The van der Waals surface area contributed by atoms with Gasteiger partial charge < -0.3 is 0 Å². The molecule has 0 heterocycles. The zero-order chi connectivity index (χ0) is 31.7. The van der Waals surface area contributed by atoms with Crippen molar-refractivity contribution in [3.63, 3.8) is 0 Å². The van der Waals surface area contributed by atoms with E-state index in [2.05, 4.69) is 0 Å². The molecule has 219 valence electrons. The number of benzene rings is 3. The molecule has 1 aliphatic carbocycles. The first-order valence-corrected chi connectivity index (χ1v) is 15.3. The van der Waals surface area contributed by atoms with Crippen molar-refractivity contribution < 1.29 is 43.9 Å². The maximum atomic E-state index is 15.4. The molecule has 0 aromatic heterocycles. The van der Waals surface area contributed by atoms with Crippen molar-refractivity contribution in [2.24, 2.45) is 0 Å². The van der Waals surface area contributed by atoms with E-state index in [-0.39, 0.29) is 33.3 Å². The van der Waals surface area contributed by atoms with Crippen LogP contribution < -0.4 is 0 Å². The van der Waals surface area contributed by atoms with Crippen molar-refractivity contribution in [3.05, 3.63) is 97.6 Å². The second-order valence-corrected chi connectivity index (χ2v) is 13.2. The minimum atomic E-state index is -2.40. The van der Waals surface area contributed by atoms with Gasteiger partial charge in [-0.2, -0.15) is 0 Å². The monoisotopic (exact) mass is 611 g/mol. The normalized spacial score (nSPS) is 13.8. The average molecular weight is 611 g/mol. The topological polar surface area (TPSA) is 0 Å². The van der Waals surface area contributed by atoms with Gasteiger partial charge in [-0.15, -0.1) is 0 Å². The summed E-state index contributed by atoms with van der Waals surface area (Å²) in [6.45, 7) is 9.65. The molecule has 3 aromatic carbocycles. The Labute approximate surface area is 238 Å². The third-order valence-electron chi connectivity index (χ3n) is 7.29. The Morgan fingerprint density at radius 1 is 0.619 bits per heavy atom. The SMILES string of the molecule is [B]=C1C(C)=C(c2c(F)c(F)c(F)c(F)c2F)c2c1cc(C(C)C=[Si](C)C)c(-c1c(F)c(F)c(F)c(F)c1F)c2C(C)C. The summed E-state index contributed by atoms with van der Waals surface area (Å²) in [6.07, 6.45) is 0. The fraction of sp³-hybridized carbons (Fsp3) is 0.267. The molecular weight excluding hydrogens is 589 g/mol. The zero-order valence-electron chi connectivity index (χ0n) is 23.2. The van der Waals surface area contributed by atoms with Gasteiger partial charge in [-0.05, 0) is 0 Å². The molecule has 42 heavy (non-hydrogen) atoms. The third-order valence-corrected chi connectivity index (χ3v) is 8.45. The van der Waals surface area contributed by atoms with Crippen LogP contribution in [0, 0.1) is 58.2 Å². The molecule has 1 atom stereocenters. The van der Waals surface area contributed by atoms with E-state index in [9.17, 15) is 26.3 Å². The number of hydrogen-bond donors (Lipinski definition) is 0. The molecular formula is C30H22BF10Si. The standard InChI is InChI=1S/C30H22BF10Si/c1-9(2)14-16(19-23(34)27(38)30(41)28(39)24(19)35)12(10(3)8-42(5)6)7-13-17(14)15(11(4)20(13)31)18-21(32)25(36)29(40)26(37)22(18)33/h7-10H,1-6H3. The Morgan fingerprint density at radius 3 is 1.43 bits per heavy atom. The van der Waals surface area contributed by atoms with E-state index in [0.29, 0.717) is 0 Å². The van der Waals surface area contributed by atoms with E-state index < -0.39 is 101 Å². The molecule has 1 aliphatic rings. The third kappa shape index (κ3) is 4.62. The second-order valence-electron chi connectivity index (χ2n) is 10.7. The summed E-state index contributed by atoms with van der Waals surface area (Å²) in [5.74, 6) is -23.8. The second kappa shape index (κ2) is 11.1. The summed E-state index contributed by atoms with van der Waals surface area (Å²) in [5.41, 5.74) is -2.25. The Bertz CT molecular complexity index is 1710. The van der Waals surface area contributed by atoms with Crippen LogP contribution in [0.4, 0.5) is 43.9 Å². The van der Waals surface area contributed by atoms with E-state index in [0.717, 1.165) is 0 Å². The first-order chi connectivity index (χ1) is 19.4. The fourth-order valence-electron chi connectivity index (χ4n) is 5.50. The van der Waals surface area contributed by atoms with Gasteiger partial charge in [0.2, 0.25) is 0 Å². The van der Waals surface area contributed by atoms with Crippen LogP contribution in [0.25, 0.3) is 16.7 Å². The molecule has 0 N–H and O–H groups in total. The molecule has 1 radical (unpaired) electrons. The Morgan fingerprint density at radius 2 is 1.02 bits per heavy atom. The predicted molar refractivity (Wildman–Crippen MR) is 146 cm³/mol. The molecule has 3 aromatic rings. The minimum absolute atomic E-state index is 0.0546. The zero-order valence-corrected chi connectivity index (χ0v) is 24.2. The van der Waals surface area contributed by atoms with E-state index in [1.54, 1.807) is 6.92 Å². The van der Waals surface area contributed by atoms with Gasteiger partial charge in [0, 0.05) is 0 Å². The summed E-state index contributed by atoms with van der Waals surface area (Å²) in [4.78, 5) is 0. The van der Waals surface area contributed by atoms with Gasteiger partial charge in [-0.25, -0.2) is 0 Å². The van der Waals surface area contributed by atoms with Gasteiger partial charge in [-0.1, -0.05) is 0 Å². The van der Waals surface area contributed by atoms with Crippen LogP contribution in [-0.2, 0) is 0 Å². The van der Waals surface area contributed by atoms with Crippen LogP contribution in [0.2, 0.25) is 13.1 Å². The van der Waals surface area contributed by atoms with Crippen molar-refractivity contribution >= 4 is 32.6 Å². The number of halogens is 10. The number of allylic oxidation sites excluding steroid dienone is 1. The van der Waals surface area contributed by atoms with Gasteiger partial charge in [-0.3, -0.25) is 0 Å². The maximum absolute atomic E-state index is 15.4. The van der Waals surface area contributed by atoms with E-state index in [4.69, 9.17) is 7.49 Å². The molecule has 0 saturated carbocycles. The summed E-state index contributed by atoms with van der Waals surface area (Å²) in [6, 6.07) is 1.30. The van der Waals surface area contributed by atoms with Crippen LogP contribution >= 0.6 is 0 Å². The Hall–Kier alpha value is -3.28. The van der Waals surface area contributed by atoms with Crippen LogP contribution in [0.5, 0.6) is 0 Å². The van der Waals surface area contributed by atoms with Crippen molar-refractivity contribution in [3.8, 4) is 11.1 Å². The number of hydrogen-bond acceptors (Lipinski definition) is 0. The fourth-order valence-corrected chi connectivity index (χ4v) is 6.68. The number of rotatable bonds is 5. The van der Waals surface area contributed by atoms with Crippen LogP contribution in [0.15, 0.2) is 11.6 Å².